The topological polar surface area (TPSA) is 40.6 Å². The van der Waals surface area contributed by atoms with E-state index in [1.54, 1.807) is 33.8 Å². The van der Waals surface area contributed by atoms with E-state index in [1.807, 2.05) is 6.07 Å². The van der Waals surface area contributed by atoms with E-state index in [-0.39, 0.29) is 5.75 Å². The molecule has 1 aromatic heterocycles. The molecule has 2 heterocycles. The lowest BCUT2D eigenvalue weighted by Gasteiger charge is -2.33. The molecule has 0 N–H and O–H groups in total. The summed E-state index contributed by atoms with van der Waals surface area (Å²) >= 11 is 13.6. The van der Waals surface area contributed by atoms with Gasteiger partial charge < -0.3 is 0 Å². The Kier molecular flexibility index (Phi) is 5.85. The number of hydrogen-bond acceptors (Lipinski definition) is 4. The lowest BCUT2D eigenvalue weighted by atomic mass is 10.2. The zero-order chi connectivity index (χ0) is 17.2. The second-order valence-corrected chi connectivity index (χ2v) is 9.57. The van der Waals surface area contributed by atoms with Gasteiger partial charge in [-0.3, -0.25) is 4.90 Å². The molecule has 0 spiro atoms. The van der Waals surface area contributed by atoms with Crippen LogP contribution in [0.25, 0.3) is 0 Å². The van der Waals surface area contributed by atoms with Crippen LogP contribution < -0.4 is 0 Å². The molecular formula is C16H18Cl2N2O2S2. The lowest BCUT2D eigenvalue weighted by Crippen LogP contribution is -2.48. The minimum Gasteiger partial charge on any atom is -0.296 e. The second kappa shape index (κ2) is 7.72. The van der Waals surface area contributed by atoms with Gasteiger partial charge in [-0.05, 0) is 29.1 Å². The molecular weight excluding hydrogens is 387 g/mol. The first-order valence-electron chi connectivity index (χ1n) is 7.60. The van der Waals surface area contributed by atoms with Crippen molar-refractivity contribution in [2.24, 2.45) is 0 Å². The van der Waals surface area contributed by atoms with Crippen molar-refractivity contribution in [3.8, 4) is 0 Å². The van der Waals surface area contributed by atoms with Crippen LogP contribution in [0.3, 0.4) is 0 Å². The molecule has 8 heteroatoms. The van der Waals surface area contributed by atoms with Crippen LogP contribution in [0.1, 0.15) is 10.4 Å². The molecule has 1 aliphatic rings. The molecule has 1 fully saturated rings. The molecule has 3 rings (SSSR count). The summed E-state index contributed by atoms with van der Waals surface area (Å²) in [4.78, 5) is 3.60. The highest BCUT2D eigenvalue weighted by atomic mass is 35.5. The van der Waals surface area contributed by atoms with Crippen molar-refractivity contribution in [3.63, 3.8) is 0 Å². The van der Waals surface area contributed by atoms with Crippen LogP contribution >= 0.6 is 34.5 Å². The van der Waals surface area contributed by atoms with Crippen molar-refractivity contribution in [1.82, 2.24) is 9.21 Å². The largest absolute Gasteiger partial charge is 0.296 e. The molecule has 4 nitrogen and oxygen atoms in total. The molecule has 2 aromatic rings. The summed E-state index contributed by atoms with van der Waals surface area (Å²) < 4.78 is 26.8. The Morgan fingerprint density at radius 1 is 1.04 bits per heavy atom. The molecule has 0 unspecified atom stereocenters. The third-order valence-corrected chi connectivity index (χ3v) is 7.47. The summed E-state index contributed by atoms with van der Waals surface area (Å²) in [5.74, 6) is -0.0468. The average molecular weight is 405 g/mol. The monoisotopic (exact) mass is 404 g/mol. The first kappa shape index (κ1) is 18.2. The molecule has 0 radical (unpaired) electrons. The third-order valence-electron chi connectivity index (χ3n) is 4.02. The minimum absolute atomic E-state index is 0.0468. The predicted octanol–water partition coefficient (Wildman–Crippen LogP) is 3.70. The molecule has 1 aliphatic heterocycles. The van der Waals surface area contributed by atoms with E-state index in [1.165, 1.54) is 4.88 Å². The fraction of sp³-hybridized carbons (Fsp3) is 0.375. The predicted molar refractivity (Wildman–Crippen MR) is 100 cm³/mol. The molecule has 130 valence electrons. The molecule has 0 amide bonds. The Bertz CT molecular complexity index is 786. The van der Waals surface area contributed by atoms with E-state index in [4.69, 9.17) is 23.2 Å². The second-order valence-electron chi connectivity index (χ2n) is 5.76. The SMILES string of the molecule is O=S(=O)(Cc1ccc(Cl)c(Cl)c1)N1CCN(Cc2cccs2)CC1. The van der Waals surface area contributed by atoms with Crippen molar-refractivity contribution in [2.45, 2.75) is 12.3 Å². The Balaban J connectivity index is 1.59. The fourth-order valence-corrected chi connectivity index (χ4v) is 5.29. The summed E-state index contributed by atoms with van der Waals surface area (Å²) in [5, 5.41) is 2.87. The van der Waals surface area contributed by atoms with E-state index in [2.05, 4.69) is 16.3 Å². The quantitative estimate of drug-likeness (QED) is 0.762. The zero-order valence-corrected chi connectivity index (χ0v) is 16.1. The summed E-state index contributed by atoms with van der Waals surface area (Å²) in [6, 6.07) is 9.11. The van der Waals surface area contributed by atoms with E-state index in [0.29, 0.717) is 28.7 Å². The van der Waals surface area contributed by atoms with Crippen molar-refractivity contribution < 1.29 is 8.42 Å². The maximum Gasteiger partial charge on any atom is 0.218 e. The van der Waals surface area contributed by atoms with Gasteiger partial charge in [-0.25, -0.2) is 8.42 Å². The average Bonchev–Trinajstić information content (AvgIpc) is 3.04. The van der Waals surface area contributed by atoms with Crippen molar-refractivity contribution >= 4 is 44.6 Å². The molecule has 0 saturated carbocycles. The van der Waals surface area contributed by atoms with Crippen LogP contribution in [0.4, 0.5) is 0 Å². The summed E-state index contributed by atoms with van der Waals surface area (Å²) in [5.41, 5.74) is 0.658. The van der Waals surface area contributed by atoms with Crippen LogP contribution in [0.2, 0.25) is 10.0 Å². The number of benzene rings is 1. The number of thiophene rings is 1. The van der Waals surface area contributed by atoms with Gasteiger partial charge in [-0.2, -0.15) is 4.31 Å². The van der Waals surface area contributed by atoms with Crippen molar-refractivity contribution in [2.75, 3.05) is 26.2 Å². The van der Waals surface area contributed by atoms with Gasteiger partial charge in [0, 0.05) is 37.6 Å². The van der Waals surface area contributed by atoms with E-state index < -0.39 is 10.0 Å². The highest BCUT2D eigenvalue weighted by Crippen LogP contribution is 2.24. The molecule has 0 aliphatic carbocycles. The maximum absolute atomic E-state index is 12.6. The summed E-state index contributed by atoms with van der Waals surface area (Å²) in [6.07, 6.45) is 0. The smallest absolute Gasteiger partial charge is 0.218 e. The van der Waals surface area contributed by atoms with Gasteiger partial charge in [-0.1, -0.05) is 35.3 Å². The number of piperazine rings is 1. The van der Waals surface area contributed by atoms with E-state index in [0.717, 1.165) is 19.6 Å². The van der Waals surface area contributed by atoms with Gasteiger partial charge in [0.15, 0.2) is 0 Å². The normalized spacial score (nSPS) is 17.2. The highest BCUT2D eigenvalue weighted by Gasteiger charge is 2.27. The van der Waals surface area contributed by atoms with Crippen LogP contribution in [0.15, 0.2) is 35.7 Å². The van der Waals surface area contributed by atoms with Crippen LogP contribution in [0, 0.1) is 0 Å². The summed E-state index contributed by atoms with van der Waals surface area (Å²) in [6.45, 7) is 3.43. The van der Waals surface area contributed by atoms with Gasteiger partial charge in [-0.15, -0.1) is 11.3 Å². The third kappa shape index (κ3) is 4.50. The van der Waals surface area contributed by atoms with Crippen molar-refractivity contribution in [3.05, 3.63) is 56.2 Å². The van der Waals surface area contributed by atoms with Crippen LogP contribution in [-0.4, -0.2) is 43.8 Å². The number of halogens is 2. The number of sulfonamides is 1. The molecule has 1 aromatic carbocycles. The van der Waals surface area contributed by atoms with Crippen LogP contribution in [0.5, 0.6) is 0 Å². The van der Waals surface area contributed by atoms with Gasteiger partial charge in [0.2, 0.25) is 10.0 Å². The van der Waals surface area contributed by atoms with E-state index >= 15 is 0 Å². The minimum atomic E-state index is -3.34. The Labute approximate surface area is 156 Å². The Morgan fingerprint density at radius 3 is 2.42 bits per heavy atom. The van der Waals surface area contributed by atoms with Gasteiger partial charge in [0.1, 0.15) is 0 Å². The number of nitrogens with zero attached hydrogens (tertiary/aromatic N) is 2. The van der Waals surface area contributed by atoms with Gasteiger partial charge in [0.25, 0.3) is 0 Å². The zero-order valence-electron chi connectivity index (χ0n) is 13.0. The van der Waals surface area contributed by atoms with E-state index in [9.17, 15) is 8.42 Å². The molecule has 0 bridgehead atoms. The lowest BCUT2D eigenvalue weighted by molar-refractivity contribution is 0.183. The molecule has 24 heavy (non-hydrogen) atoms. The molecule has 0 atom stereocenters. The van der Waals surface area contributed by atoms with Crippen LogP contribution in [-0.2, 0) is 22.3 Å². The first-order chi connectivity index (χ1) is 11.4. The summed E-state index contributed by atoms with van der Waals surface area (Å²) in [7, 11) is -3.34. The first-order valence-corrected chi connectivity index (χ1v) is 10.8. The maximum atomic E-state index is 12.6. The fourth-order valence-electron chi connectivity index (χ4n) is 2.72. The molecule has 1 saturated heterocycles. The van der Waals surface area contributed by atoms with Crippen molar-refractivity contribution in [1.29, 1.82) is 0 Å². The Morgan fingerprint density at radius 2 is 1.79 bits per heavy atom. The highest BCUT2D eigenvalue weighted by molar-refractivity contribution is 7.88. The number of hydrogen-bond donors (Lipinski definition) is 0. The Hall–Kier alpha value is -0.630. The number of rotatable bonds is 5. The standard InChI is InChI=1S/C16H18Cl2N2O2S2/c17-15-4-3-13(10-16(15)18)12-24(21,22)20-7-5-19(6-8-20)11-14-2-1-9-23-14/h1-4,9-10H,5-8,11-12H2. The van der Waals surface area contributed by atoms with Gasteiger partial charge in [0.05, 0.1) is 15.8 Å². The van der Waals surface area contributed by atoms with Gasteiger partial charge >= 0.3 is 0 Å².